The number of hydrogen-bond donors (Lipinski definition) is 0. The zero-order valence-corrected chi connectivity index (χ0v) is 21.3. The number of anilines is 1. The molecule has 1 atom stereocenters. The lowest BCUT2D eigenvalue weighted by Gasteiger charge is -2.30. The molecule has 0 radical (unpaired) electrons. The van der Waals surface area contributed by atoms with Gasteiger partial charge < -0.3 is 19.3 Å². The second-order valence-corrected chi connectivity index (χ2v) is 11.4. The molecule has 2 heterocycles. The van der Waals surface area contributed by atoms with Crippen LogP contribution in [0, 0.1) is 0 Å². The fourth-order valence-corrected chi connectivity index (χ4v) is 5.38. The molecule has 0 N–H and O–H groups in total. The average molecular weight is 547 g/mol. The molecule has 2 aromatic carbocycles. The van der Waals surface area contributed by atoms with E-state index in [0.29, 0.717) is 31.3 Å². The van der Waals surface area contributed by atoms with Crippen LogP contribution in [0.5, 0.6) is 5.75 Å². The SMILES string of the molecule is CCS(=O)(=O)c1ccc(OC(C)C(F)(F)F)c(C(=O)N2Cc3cc(Cl)c(N4CCOCC4)cc3C2)c1. The molecular formula is C24H26ClF3N2O5S. The third kappa shape index (κ3) is 5.42. The van der Waals surface area contributed by atoms with Crippen molar-refractivity contribution in [2.45, 2.75) is 44.1 Å². The molecule has 12 heteroatoms. The van der Waals surface area contributed by atoms with Crippen molar-refractivity contribution in [2.24, 2.45) is 0 Å². The van der Waals surface area contributed by atoms with Crippen molar-refractivity contribution in [1.82, 2.24) is 4.90 Å². The number of carbonyl (C=O) groups is 1. The monoisotopic (exact) mass is 546 g/mol. The standard InChI is InChI=1S/C24H26ClF3N2O5S/c1-3-36(32,33)18-4-5-22(35-15(2)24(26,27)28)19(12-18)23(31)30-13-16-10-20(25)21(11-17(16)14-30)29-6-8-34-9-7-29/h4-5,10-12,15H,3,6-9,13-14H2,1-2H3. The Balaban J connectivity index is 1.65. The number of fused-ring (bicyclic) bond motifs is 1. The summed E-state index contributed by atoms with van der Waals surface area (Å²) < 4.78 is 74.8. The molecule has 2 aromatic rings. The average Bonchev–Trinajstić information content (AvgIpc) is 3.26. The Labute approximate surface area is 212 Å². The summed E-state index contributed by atoms with van der Waals surface area (Å²) in [6.07, 6.45) is -6.85. The first-order chi connectivity index (χ1) is 16.9. The van der Waals surface area contributed by atoms with Crippen LogP contribution in [0.25, 0.3) is 0 Å². The maximum Gasteiger partial charge on any atom is 0.425 e. The second kappa shape index (κ2) is 10.1. The van der Waals surface area contributed by atoms with E-state index >= 15 is 0 Å². The van der Waals surface area contributed by atoms with Gasteiger partial charge in [0.05, 0.1) is 40.1 Å². The molecule has 36 heavy (non-hydrogen) atoms. The highest BCUT2D eigenvalue weighted by molar-refractivity contribution is 7.91. The smallest absolute Gasteiger partial charge is 0.425 e. The molecule has 196 valence electrons. The van der Waals surface area contributed by atoms with Crippen LogP contribution in [-0.2, 0) is 27.7 Å². The van der Waals surface area contributed by atoms with Crippen LogP contribution < -0.4 is 9.64 Å². The Morgan fingerprint density at radius 1 is 1.14 bits per heavy atom. The lowest BCUT2D eigenvalue weighted by atomic mass is 10.1. The van der Waals surface area contributed by atoms with Crippen LogP contribution in [0.3, 0.4) is 0 Å². The molecule has 0 bridgehead atoms. The number of amides is 1. The first-order valence-electron chi connectivity index (χ1n) is 11.4. The fourth-order valence-electron chi connectivity index (χ4n) is 4.16. The molecule has 1 saturated heterocycles. The van der Waals surface area contributed by atoms with Gasteiger partial charge in [-0.15, -0.1) is 0 Å². The lowest BCUT2D eigenvalue weighted by Crippen LogP contribution is -2.36. The summed E-state index contributed by atoms with van der Waals surface area (Å²) in [5.74, 6) is -1.19. The van der Waals surface area contributed by atoms with Gasteiger partial charge in [-0.25, -0.2) is 8.42 Å². The van der Waals surface area contributed by atoms with Crippen molar-refractivity contribution in [3.63, 3.8) is 0 Å². The Morgan fingerprint density at radius 2 is 1.78 bits per heavy atom. The zero-order chi connectivity index (χ0) is 26.3. The molecule has 0 saturated carbocycles. The predicted octanol–water partition coefficient (Wildman–Crippen LogP) is 4.46. The number of benzene rings is 2. The molecule has 2 aliphatic rings. The predicted molar refractivity (Wildman–Crippen MR) is 128 cm³/mol. The highest BCUT2D eigenvalue weighted by atomic mass is 35.5. The Hall–Kier alpha value is -2.50. The molecule has 1 fully saturated rings. The molecule has 1 unspecified atom stereocenters. The molecular weight excluding hydrogens is 521 g/mol. The molecule has 7 nitrogen and oxygen atoms in total. The number of halogens is 4. The van der Waals surface area contributed by atoms with Crippen molar-refractivity contribution in [3.05, 3.63) is 52.0 Å². The number of morpholine rings is 1. The van der Waals surface area contributed by atoms with Crippen molar-refractivity contribution < 1.29 is 35.9 Å². The summed E-state index contributed by atoms with van der Waals surface area (Å²) in [5.41, 5.74) is 2.26. The van der Waals surface area contributed by atoms with Gasteiger partial charge in [0.15, 0.2) is 15.9 Å². The van der Waals surface area contributed by atoms with E-state index in [4.69, 9.17) is 21.1 Å². The summed E-state index contributed by atoms with van der Waals surface area (Å²) in [5, 5.41) is 0.531. The van der Waals surface area contributed by atoms with E-state index in [1.54, 1.807) is 6.07 Å². The highest BCUT2D eigenvalue weighted by Crippen LogP contribution is 2.36. The Bertz CT molecular complexity index is 1260. The number of sulfone groups is 1. The normalized spacial score (nSPS) is 17.2. The van der Waals surface area contributed by atoms with Crippen molar-refractivity contribution in [2.75, 3.05) is 37.0 Å². The van der Waals surface area contributed by atoms with Gasteiger partial charge >= 0.3 is 6.18 Å². The topological polar surface area (TPSA) is 76.2 Å². The molecule has 4 rings (SSSR count). The summed E-state index contributed by atoms with van der Waals surface area (Å²) in [7, 11) is -3.71. The highest BCUT2D eigenvalue weighted by Gasteiger charge is 2.39. The van der Waals surface area contributed by atoms with Crippen LogP contribution in [0.4, 0.5) is 18.9 Å². The van der Waals surface area contributed by atoms with Crippen molar-refractivity contribution >= 4 is 33.0 Å². The van der Waals surface area contributed by atoms with Gasteiger partial charge in [0.1, 0.15) is 5.75 Å². The molecule has 0 spiro atoms. The lowest BCUT2D eigenvalue weighted by molar-refractivity contribution is -0.189. The minimum atomic E-state index is -4.66. The number of alkyl halides is 3. The minimum Gasteiger partial charge on any atom is -0.480 e. The first-order valence-corrected chi connectivity index (χ1v) is 13.5. The van der Waals surface area contributed by atoms with Gasteiger partial charge in [0, 0.05) is 26.2 Å². The van der Waals surface area contributed by atoms with E-state index in [9.17, 15) is 26.4 Å². The third-order valence-electron chi connectivity index (χ3n) is 6.32. The molecule has 2 aliphatic heterocycles. The van der Waals surface area contributed by atoms with Gasteiger partial charge in [-0.2, -0.15) is 13.2 Å². The Morgan fingerprint density at radius 3 is 2.39 bits per heavy atom. The largest absolute Gasteiger partial charge is 0.480 e. The van der Waals surface area contributed by atoms with Gasteiger partial charge in [0.25, 0.3) is 5.91 Å². The molecule has 0 aromatic heterocycles. The van der Waals surface area contributed by atoms with Crippen molar-refractivity contribution in [3.8, 4) is 5.75 Å². The van der Waals surface area contributed by atoms with Crippen LogP contribution in [-0.4, -0.2) is 63.6 Å². The van der Waals surface area contributed by atoms with E-state index in [1.165, 1.54) is 11.8 Å². The van der Waals surface area contributed by atoms with Crippen LogP contribution in [0.15, 0.2) is 35.2 Å². The van der Waals surface area contributed by atoms with Gasteiger partial charge in [0.2, 0.25) is 0 Å². The summed E-state index contributed by atoms with van der Waals surface area (Å²) in [6, 6.07) is 7.05. The second-order valence-electron chi connectivity index (χ2n) is 8.70. The summed E-state index contributed by atoms with van der Waals surface area (Å²) in [6.45, 7) is 5.15. The van der Waals surface area contributed by atoms with E-state index in [1.807, 2.05) is 6.07 Å². The number of carbonyl (C=O) groups excluding carboxylic acids is 1. The third-order valence-corrected chi connectivity index (χ3v) is 8.35. The minimum absolute atomic E-state index is 0.158. The maximum absolute atomic E-state index is 13.5. The van der Waals surface area contributed by atoms with E-state index in [0.717, 1.165) is 41.9 Å². The molecule has 0 aliphatic carbocycles. The summed E-state index contributed by atoms with van der Waals surface area (Å²) in [4.78, 5) is 16.9. The van der Waals surface area contributed by atoms with Crippen LogP contribution in [0.2, 0.25) is 5.02 Å². The fraction of sp³-hybridized carbons (Fsp3) is 0.458. The van der Waals surface area contributed by atoms with Gasteiger partial charge in [-0.3, -0.25) is 4.79 Å². The van der Waals surface area contributed by atoms with Crippen molar-refractivity contribution in [1.29, 1.82) is 0 Å². The van der Waals surface area contributed by atoms with Crippen LogP contribution in [0.1, 0.15) is 35.3 Å². The van der Waals surface area contributed by atoms with Gasteiger partial charge in [-0.05, 0) is 48.4 Å². The summed E-state index contributed by atoms with van der Waals surface area (Å²) >= 11 is 6.52. The number of ether oxygens (including phenoxy) is 2. The quantitative estimate of drug-likeness (QED) is 0.533. The number of hydrogen-bond acceptors (Lipinski definition) is 6. The molecule has 1 amide bonds. The zero-order valence-electron chi connectivity index (χ0n) is 19.8. The maximum atomic E-state index is 13.5. The van der Waals surface area contributed by atoms with E-state index < -0.39 is 28.0 Å². The van der Waals surface area contributed by atoms with Crippen LogP contribution >= 0.6 is 11.6 Å². The van der Waals surface area contributed by atoms with E-state index in [-0.39, 0.29) is 35.1 Å². The number of nitrogens with zero attached hydrogens (tertiary/aromatic N) is 2. The Kier molecular flexibility index (Phi) is 7.45. The number of rotatable bonds is 6. The van der Waals surface area contributed by atoms with E-state index in [2.05, 4.69) is 4.90 Å². The first kappa shape index (κ1) is 26.6. The van der Waals surface area contributed by atoms with Gasteiger partial charge in [-0.1, -0.05) is 18.5 Å².